The molecule has 0 spiro atoms. The van der Waals surface area contributed by atoms with Gasteiger partial charge in [0.2, 0.25) is 5.91 Å². The van der Waals surface area contributed by atoms with Crippen LogP contribution in [0.3, 0.4) is 0 Å². The zero-order chi connectivity index (χ0) is 16.0. The fourth-order valence-corrected chi connectivity index (χ4v) is 1.90. The van der Waals surface area contributed by atoms with Gasteiger partial charge in [-0.3, -0.25) is 4.79 Å². The van der Waals surface area contributed by atoms with Gasteiger partial charge >= 0.3 is 6.03 Å². The van der Waals surface area contributed by atoms with Crippen LogP contribution >= 0.6 is 0 Å². The highest BCUT2D eigenvalue weighted by atomic mass is 16.2. The van der Waals surface area contributed by atoms with Crippen molar-refractivity contribution in [3.05, 3.63) is 29.8 Å². The number of benzene rings is 1. The van der Waals surface area contributed by atoms with Crippen LogP contribution in [0.25, 0.3) is 0 Å². The van der Waals surface area contributed by atoms with E-state index in [1.807, 2.05) is 32.9 Å². The molecule has 0 fully saturated rings. The van der Waals surface area contributed by atoms with E-state index in [-0.39, 0.29) is 17.9 Å². The molecule has 0 heterocycles. The Morgan fingerprint density at radius 2 is 1.76 bits per heavy atom. The summed E-state index contributed by atoms with van der Waals surface area (Å²) in [5.41, 5.74) is 12.5. The molecule has 0 aliphatic carbocycles. The van der Waals surface area contributed by atoms with Crippen molar-refractivity contribution in [3.8, 4) is 0 Å². The molecule has 0 saturated heterocycles. The van der Waals surface area contributed by atoms with E-state index >= 15 is 0 Å². The second kappa shape index (κ2) is 7.64. The average molecular weight is 292 g/mol. The lowest BCUT2D eigenvalue weighted by molar-refractivity contribution is -0.124. The summed E-state index contributed by atoms with van der Waals surface area (Å²) in [6.07, 6.45) is 0.858. The summed E-state index contributed by atoms with van der Waals surface area (Å²) in [6.45, 7) is 5.85. The van der Waals surface area contributed by atoms with Crippen molar-refractivity contribution in [2.24, 2.45) is 17.4 Å². The van der Waals surface area contributed by atoms with Crippen LogP contribution in [0.5, 0.6) is 0 Å². The van der Waals surface area contributed by atoms with Gasteiger partial charge in [0, 0.05) is 5.69 Å². The number of carbonyl (C=O) groups excluding carboxylic acids is 2. The molecule has 0 aromatic heterocycles. The molecular formula is C15H24N4O2. The maximum atomic E-state index is 12.0. The highest BCUT2D eigenvalue weighted by molar-refractivity contribution is 5.87. The molecule has 1 unspecified atom stereocenters. The Balaban J connectivity index is 2.65. The highest BCUT2D eigenvalue weighted by Gasteiger charge is 2.21. The number of urea groups is 1. The first-order chi connectivity index (χ1) is 9.85. The Kier molecular flexibility index (Phi) is 6.17. The van der Waals surface area contributed by atoms with Crippen molar-refractivity contribution in [2.45, 2.75) is 39.3 Å². The third kappa shape index (κ3) is 5.07. The lowest BCUT2D eigenvalue weighted by Gasteiger charge is -2.21. The number of anilines is 1. The van der Waals surface area contributed by atoms with Crippen molar-refractivity contribution in [2.75, 3.05) is 5.32 Å². The quantitative estimate of drug-likeness (QED) is 0.640. The summed E-state index contributed by atoms with van der Waals surface area (Å²) >= 11 is 0. The second-order valence-corrected chi connectivity index (χ2v) is 5.25. The van der Waals surface area contributed by atoms with E-state index in [9.17, 15) is 9.59 Å². The van der Waals surface area contributed by atoms with Crippen molar-refractivity contribution < 1.29 is 9.59 Å². The molecular weight excluding hydrogens is 268 g/mol. The lowest BCUT2D eigenvalue weighted by Crippen LogP contribution is -2.45. The van der Waals surface area contributed by atoms with Gasteiger partial charge < -0.3 is 22.1 Å². The van der Waals surface area contributed by atoms with Gasteiger partial charge in [0.15, 0.2) is 0 Å². The van der Waals surface area contributed by atoms with Crippen molar-refractivity contribution in [3.63, 3.8) is 0 Å². The van der Waals surface area contributed by atoms with Crippen LogP contribution in [0, 0.1) is 5.92 Å². The Labute approximate surface area is 125 Å². The Morgan fingerprint density at radius 3 is 2.24 bits per heavy atom. The zero-order valence-electron chi connectivity index (χ0n) is 12.7. The molecule has 1 aromatic rings. The third-order valence-corrected chi connectivity index (χ3v) is 3.60. The fraction of sp³-hybridized carbons (Fsp3) is 0.467. The number of hydrogen-bond acceptors (Lipinski definition) is 3. The van der Waals surface area contributed by atoms with Crippen molar-refractivity contribution in [1.29, 1.82) is 0 Å². The standard InChI is InChI=1S/C15H24N4O2/c1-4-9(2)13(16)14(20)18-10(3)11-5-7-12(8-6-11)19-15(17)21/h5-10,13H,4,16H2,1-3H3,(H,18,20)(H3,17,19,21)/t9-,10?,13-/m0/s1. The number of hydrogen-bond donors (Lipinski definition) is 4. The molecule has 0 aliphatic heterocycles. The van der Waals surface area contributed by atoms with Gasteiger partial charge in [0.05, 0.1) is 12.1 Å². The lowest BCUT2D eigenvalue weighted by atomic mass is 9.98. The first-order valence-electron chi connectivity index (χ1n) is 7.07. The van der Waals surface area contributed by atoms with E-state index < -0.39 is 12.1 Å². The summed E-state index contributed by atoms with van der Waals surface area (Å²) in [6, 6.07) is 5.84. The first kappa shape index (κ1) is 17.0. The first-order valence-corrected chi connectivity index (χ1v) is 7.07. The molecule has 6 nitrogen and oxygen atoms in total. The third-order valence-electron chi connectivity index (χ3n) is 3.60. The molecule has 116 valence electrons. The molecule has 6 N–H and O–H groups in total. The summed E-state index contributed by atoms with van der Waals surface area (Å²) in [4.78, 5) is 22.8. The maximum absolute atomic E-state index is 12.0. The number of amides is 3. The zero-order valence-corrected chi connectivity index (χ0v) is 12.7. The molecule has 3 amide bonds. The van der Waals surface area contributed by atoms with Gasteiger partial charge in [0.1, 0.15) is 0 Å². The largest absolute Gasteiger partial charge is 0.351 e. The fourth-order valence-electron chi connectivity index (χ4n) is 1.90. The van der Waals surface area contributed by atoms with Crippen LogP contribution in [0.15, 0.2) is 24.3 Å². The number of nitrogens with two attached hydrogens (primary N) is 2. The minimum Gasteiger partial charge on any atom is -0.351 e. The Bertz CT molecular complexity index is 487. The normalized spacial score (nSPS) is 14.9. The molecule has 1 rings (SSSR count). The van der Waals surface area contributed by atoms with Crippen molar-refractivity contribution in [1.82, 2.24) is 5.32 Å². The van der Waals surface area contributed by atoms with E-state index in [1.165, 1.54) is 0 Å². The van der Waals surface area contributed by atoms with Gasteiger partial charge in [-0.25, -0.2) is 4.79 Å². The summed E-state index contributed by atoms with van der Waals surface area (Å²) in [7, 11) is 0. The summed E-state index contributed by atoms with van der Waals surface area (Å²) in [5.74, 6) is -0.0180. The van der Waals surface area contributed by atoms with Gasteiger partial charge in [-0.2, -0.15) is 0 Å². The minimum atomic E-state index is -0.608. The predicted octanol–water partition coefficient (Wildman–Crippen LogP) is 1.73. The number of carbonyl (C=O) groups is 2. The number of primary amides is 1. The molecule has 1 aromatic carbocycles. The maximum Gasteiger partial charge on any atom is 0.316 e. The van der Waals surface area contributed by atoms with Crippen molar-refractivity contribution >= 4 is 17.6 Å². The molecule has 0 aliphatic rings. The summed E-state index contributed by atoms with van der Waals surface area (Å²) < 4.78 is 0. The van der Waals surface area contributed by atoms with Gasteiger partial charge in [-0.15, -0.1) is 0 Å². The monoisotopic (exact) mass is 292 g/mol. The molecule has 0 bridgehead atoms. The van der Waals surface area contributed by atoms with Gasteiger partial charge in [0.25, 0.3) is 0 Å². The Morgan fingerprint density at radius 1 is 1.19 bits per heavy atom. The molecule has 0 saturated carbocycles. The minimum absolute atomic E-state index is 0.138. The number of rotatable bonds is 6. The molecule has 6 heteroatoms. The van der Waals surface area contributed by atoms with Crippen LogP contribution in [-0.2, 0) is 4.79 Å². The van der Waals surface area contributed by atoms with E-state index in [0.29, 0.717) is 5.69 Å². The predicted molar refractivity (Wildman–Crippen MR) is 83.6 cm³/mol. The van der Waals surface area contributed by atoms with Crippen LogP contribution in [0.2, 0.25) is 0 Å². The van der Waals surface area contributed by atoms with Gasteiger partial charge in [-0.05, 0) is 30.5 Å². The van der Waals surface area contributed by atoms with E-state index in [1.54, 1.807) is 12.1 Å². The molecule has 3 atom stereocenters. The van der Waals surface area contributed by atoms with E-state index in [0.717, 1.165) is 12.0 Å². The second-order valence-electron chi connectivity index (χ2n) is 5.25. The average Bonchev–Trinajstić information content (AvgIpc) is 2.45. The van der Waals surface area contributed by atoms with Crippen LogP contribution < -0.4 is 22.1 Å². The van der Waals surface area contributed by atoms with E-state index in [2.05, 4.69) is 10.6 Å². The topological polar surface area (TPSA) is 110 Å². The van der Waals surface area contributed by atoms with E-state index in [4.69, 9.17) is 11.5 Å². The summed E-state index contributed by atoms with van der Waals surface area (Å²) in [5, 5.41) is 5.38. The van der Waals surface area contributed by atoms with Gasteiger partial charge in [-0.1, -0.05) is 32.4 Å². The van der Waals surface area contributed by atoms with Crippen LogP contribution in [0.4, 0.5) is 10.5 Å². The Hall–Kier alpha value is -2.08. The van der Waals surface area contributed by atoms with Crippen LogP contribution in [0.1, 0.15) is 38.8 Å². The smallest absolute Gasteiger partial charge is 0.316 e. The highest BCUT2D eigenvalue weighted by Crippen LogP contribution is 2.16. The molecule has 0 radical (unpaired) electrons. The molecule has 21 heavy (non-hydrogen) atoms. The number of nitrogens with one attached hydrogen (secondary N) is 2. The SMILES string of the molecule is CC[C@H](C)[C@H](N)C(=O)NC(C)c1ccc(NC(N)=O)cc1. The van der Waals surface area contributed by atoms with Crippen LogP contribution in [-0.4, -0.2) is 18.0 Å².